The zero-order chi connectivity index (χ0) is 12.8. The summed E-state index contributed by atoms with van der Waals surface area (Å²) in [5, 5.41) is 9.08. The van der Waals surface area contributed by atoms with Crippen molar-refractivity contribution in [3.63, 3.8) is 0 Å². The van der Waals surface area contributed by atoms with Crippen molar-refractivity contribution in [2.75, 3.05) is 20.8 Å². The molecule has 0 bridgehead atoms. The van der Waals surface area contributed by atoms with E-state index in [4.69, 9.17) is 20.5 Å². The molecule has 1 rings (SSSR count). The summed E-state index contributed by atoms with van der Waals surface area (Å²) in [6, 6.07) is 3.22. The zero-order valence-electron chi connectivity index (χ0n) is 9.73. The third-order valence-corrected chi connectivity index (χ3v) is 2.28. The smallest absolute Gasteiger partial charge is 0.339 e. The van der Waals surface area contributed by atoms with Crippen LogP contribution in [0, 0.1) is 0 Å². The molecular formula is C11H15NO5. The molecule has 0 unspecified atom stereocenters. The van der Waals surface area contributed by atoms with Gasteiger partial charge in [-0.2, -0.15) is 0 Å². The van der Waals surface area contributed by atoms with Gasteiger partial charge in [-0.15, -0.1) is 0 Å². The van der Waals surface area contributed by atoms with Crippen molar-refractivity contribution in [1.29, 1.82) is 0 Å². The van der Waals surface area contributed by atoms with Gasteiger partial charge < -0.3 is 19.4 Å². The van der Waals surface area contributed by atoms with Gasteiger partial charge in [-0.1, -0.05) is 0 Å². The summed E-state index contributed by atoms with van der Waals surface area (Å²) in [4.78, 5) is 15.5. The highest BCUT2D eigenvalue weighted by molar-refractivity contribution is 5.92. The van der Waals surface area contributed by atoms with Crippen LogP contribution in [0.25, 0.3) is 0 Å². The molecule has 0 saturated carbocycles. The first-order chi connectivity index (χ1) is 8.13. The fourth-order valence-corrected chi connectivity index (χ4v) is 1.50. The quantitative estimate of drug-likeness (QED) is 0.717. The van der Waals surface area contributed by atoms with Crippen LogP contribution in [0.4, 0.5) is 0 Å². The van der Waals surface area contributed by atoms with Gasteiger partial charge in [0.1, 0.15) is 5.56 Å². The number of carbonyl (C=O) groups is 1. The predicted octanol–water partition coefficient (Wildman–Crippen LogP) is 0.835. The summed E-state index contributed by atoms with van der Waals surface area (Å²) in [6.45, 7) is 0.300. The van der Waals surface area contributed by atoms with E-state index in [1.165, 1.54) is 20.3 Å². The maximum Gasteiger partial charge on any atom is 0.339 e. The fraction of sp³-hybridized carbons (Fsp3) is 0.364. The van der Waals surface area contributed by atoms with Gasteiger partial charge in [0.15, 0.2) is 11.5 Å². The second-order valence-electron chi connectivity index (χ2n) is 3.30. The summed E-state index contributed by atoms with van der Waals surface area (Å²) in [5.41, 5.74) is 0.810. The van der Waals surface area contributed by atoms with Gasteiger partial charge in [0.25, 0.3) is 0 Å². The Morgan fingerprint density at radius 3 is 2.53 bits per heavy atom. The van der Waals surface area contributed by atoms with Crippen LogP contribution in [0.3, 0.4) is 0 Å². The van der Waals surface area contributed by atoms with E-state index >= 15 is 0 Å². The standard InChI is InChI=1S/C11H15NO5/c1-15-9-6-7(3-4-17-12)5-8(11(13)14)10(9)16-2/h5-6H,3-4,12H2,1-2H3,(H,13,14). The molecule has 0 aliphatic rings. The normalized spacial score (nSPS) is 10.1. The summed E-state index contributed by atoms with van der Waals surface area (Å²) >= 11 is 0. The Hall–Kier alpha value is -1.79. The predicted molar refractivity (Wildman–Crippen MR) is 60.3 cm³/mol. The minimum absolute atomic E-state index is 0.0545. The van der Waals surface area contributed by atoms with Crippen molar-refractivity contribution in [3.05, 3.63) is 23.3 Å². The average molecular weight is 241 g/mol. The summed E-state index contributed by atoms with van der Waals surface area (Å²) in [6.07, 6.45) is 0.497. The number of benzene rings is 1. The number of hydrogen-bond acceptors (Lipinski definition) is 5. The molecule has 0 saturated heterocycles. The van der Waals surface area contributed by atoms with Gasteiger partial charge in [-0.3, -0.25) is 0 Å². The van der Waals surface area contributed by atoms with E-state index in [0.717, 1.165) is 5.56 Å². The number of methoxy groups -OCH3 is 2. The van der Waals surface area contributed by atoms with E-state index in [9.17, 15) is 4.79 Å². The molecule has 0 radical (unpaired) electrons. The highest BCUT2D eigenvalue weighted by atomic mass is 16.6. The van der Waals surface area contributed by atoms with Crippen LogP contribution in [0.5, 0.6) is 11.5 Å². The Balaban J connectivity index is 3.20. The topological polar surface area (TPSA) is 91.0 Å². The van der Waals surface area contributed by atoms with Crippen molar-refractivity contribution in [2.45, 2.75) is 6.42 Å². The lowest BCUT2D eigenvalue weighted by Gasteiger charge is -2.12. The maximum absolute atomic E-state index is 11.1. The highest BCUT2D eigenvalue weighted by Crippen LogP contribution is 2.32. The first-order valence-corrected chi connectivity index (χ1v) is 4.94. The molecule has 1 aromatic carbocycles. The fourth-order valence-electron chi connectivity index (χ4n) is 1.50. The molecule has 0 atom stereocenters. The number of rotatable bonds is 6. The lowest BCUT2D eigenvalue weighted by molar-refractivity contribution is 0.0692. The molecule has 0 aliphatic carbocycles. The van der Waals surface area contributed by atoms with Gasteiger partial charge in [0.2, 0.25) is 0 Å². The first kappa shape index (κ1) is 13.3. The van der Waals surface area contributed by atoms with Crippen LogP contribution < -0.4 is 15.4 Å². The third-order valence-electron chi connectivity index (χ3n) is 2.28. The van der Waals surface area contributed by atoms with Gasteiger partial charge in [0, 0.05) is 0 Å². The first-order valence-electron chi connectivity index (χ1n) is 4.94. The lowest BCUT2D eigenvalue weighted by Crippen LogP contribution is -2.07. The van der Waals surface area contributed by atoms with Gasteiger partial charge in [-0.05, 0) is 24.1 Å². The summed E-state index contributed by atoms with van der Waals surface area (Å²) in [7, 11) is 2.85. The van der Waals surface area contributed by atoms with Crippen LogP contribution in [-0.4, -0.2) is 31.9 Å². The Morgan fingerprint density at radius 2 is 2.06 bits per heavy atom. The van der Waals surface area contributed by atoms with E-state index in [2.05, 4.69) is 4.84 Å². The maximum atomic E-state index is 11.1. The number of aromatic carboxylic acids is 1. The molecule has 94 valence electrons. The molecule has 6 nitrogen and oxygen atoms in total. The molecule has 0 aromatic heterocycles. The summed E-state index contributed by atoms with van der Waals surface area (Å²) in [5.74, 6) is 4.44. The lowest BCUT2D eigenvalue weighted by atomic mass is 10.1. The van der Waals surface area contributed by atoms with Crippen LogP contribution in [0.1, 0.15) is 15.9 Å². The van der Waals surface area contributed by atoms with Crippen LogP contribution in [0.2, 0.25) is 0 Å². The number of hydrogen-bond donors (Lipinski definition) is 2. The van der Waals surface area contributed by atoms with Crippen molar-refractivity contribution in [2.24, 2.45) is 5.90 Å². The zero-order valence-corrected chi connectivity index (χ0v) is 9.73. The molecule has 0 fully saturated rings. The molecule has 0 spiro atoms. The molecular weight excluding hydrogens is 226 g/mol. The molecule has 17 heavy (non-hydrogen) atoms. The minimum Gasteiger partial charge on any atom is -0.493 e. The molecule has 0 amide bonds. The van der Waals surface area contributed by atoms with E-state index in [1.807, 2.05) is 0 Å². The van der Waals surface area contributed by atoms with Gasteiger partial charge >= 0.3 is 5.97 Å². The number of carboxylic acids is 1. The second kappa shape index (κ2) is 6.07. The SMILES string of the molecule is COc1cc(CCON)cc(C(=O)O)c1OC. The van der Waals surface area contributed by atoms with E-state index in [0.29, 0.717) is 18.8 Å². The Labute approximate surface area is 98.8 Å². The Bertz CT molecular complexity index is 405. The van der Waals surface area contributed by atoms with Crippen LogP contribution >= 0.6 is 0 Å². The number of nitrogens with two attached hydrogens (primary N) is 1. The minimum atomic E-state index is -1.07. The van der Waals surface area contributed by atoms with E-state index in [1.54, 1.807) is 6.07 Å². The largest absolute Gasteiger partial charge is 0.493 e. The van der Waals surface area contributed by atoms with E-state index < -0.39 is 5.97 Å². The summed E-state index contributed by atoms with van der Waals surface area (Å²) < 4.78 is 10.1. The van der Waals surface area contributed by atoms with Gasteiger partial charge in [-0.25, -0.2) is 10.7 Å². The van der Waals surface area contributed by atoms with Crippen molar-refractivity contribution in [3.8, 4) is 11.5 Å². The molecule has 3 N–H and O–H groups in total. The third kappa shape index (κ3) is 3.08. The van der Waals surface area contributed by atoms with Crippen molar-refractivity contribution in [1.82, 2.24) is 0 Å². The average Bonchev–Trinajstić information content (AvgIpc) is 2.34. The van der Waals surface area contributed by atoms with Crippen LogP contribution in [-0.2, 0) is 11.3 Å². The molecule has 6 heteroatoms. The highest BCUT2D eigenvalue weighted by Gasteiger charge is 2.17. The molecule has 0 heterocycles. The Morgan fingerprint density at radius 1 is 1.35 bits per heavy atom. The second-order valence-corrected chi connectivity index (χ2v) is 3.30. The molecule has 1 aromatic rings. The molecule has 0 aliphatic heterocycles. The van der Waals surface area contributed by atoms with E-state index in [-0.39, 0.29) is 11.3 Å². The van der Waals surface area contributed by atoms with Crippen LogP contribution in [0.15, 0.2) is 12.1 Å². The number of ether oxygens (including phenoxy) is 2. The Kier molecular flexibility index (Phi) is 4.74. The van der Waals surface area contributed by atoms with Crippen molar-refractivity contribution >= 4 is 5.97 Å². The van der Waals surface area contributed by atoms with Gasteiger partial charge in [0.05, 0.1) is 20.8 Å². The number of carboxylic acid groups (broad SMARTS) is 1. The monoisotopic (exact) mass is 241 g/mol. The van der Waals surface area contributed by atoms with Crippen molar-refractivity contribution < 1.29 is 24.2 Å².